The average molecular weight is 194 g/mol. The molecule has 0 saturated heterocycles. The van der Waals surface area contributed by atoms with Crippen LogP contribution in [0.4, 0.5) is 0 Å². The van der Waals surface area contributed by atoms with Gasteiger partial charge in [-0.2, -0.15) is 0 Å². The normalized spacial score (nSPS) is 10.1. The molecule has 3 N–H and O–H groups in total. The molecular formula is C11H18N2O. The van der Waals surface area contributed by atoms with Crippen molar-refractivity contribution in [2.24, 2.45) is 5.73 Å². The van der Waals surface area contributed by atoms with Crippen LogP contribution < -0.4 is 15.8 Å². The Morgan fingerprint density at radius 2 is 2.00 bits per heavy atom. The molecule has 1 aromatic carbocycles. The van der Waals surface area contributed by atoms with Gasteiger partial charge in [-0.3, -0.25) is 0 Å². The molecule has 0 fully saturated rings. The van der Waals surface area contributed by atoms with Crippen LogP contribution in [0, 0.1) is 0 Å². The summed E-state index contributed by atoms with van der Waals surface area (Å²) in [5, 5.41) is 3.08. The minimum absolute atomic E-state index is 0.539. The number of nitrogens with one attached hydrogen (secondary N) is 1. The fourth-order valence-corrected chi connectivity index (χ4v) is 1.25. The van der Waals surface area contributed by atoms with Crippen molar-refractivity contribution in [1.29, 1.82) is 0 Å². The van der Waals surface area contributed by atoms with E-state index in [1.807, 2.05) is 19.1 Å². The van der Waals surface area contributed by atoms with E-state index in [4.69, 9.17) is 10.5 Å². The van der Waals surface area contributed by atoms with Crippen molar-refractivity contribution in [3.63, 3.8) is 0 Å². The van der Waals surface area contributed by atoms with Gasteiger partial charge >= 0.3 is 0 Å². The number of ether oxygens (including phenoxy) is 1. The van der Waals surface area contributed by atoms with Crippen molar-refractivity contribution in [3.8, 4) is 5.75 Å². The SMILES string of the molecule is CCOc1ccc(CCNCN)cc1. The first-order chi connectivity index (χ1) is 6.86. The first kappa shape index (κ1) is 11.0. The maximum absolute atomic E-state index is 5.35. The van der Waals surface area contributed by atoms with Crippen LogP contribution in [0.1, 0.15) is 12.5 Å². The molecule has 1 aromatic rings. The van der Waals surface area contributed by atoms with Gasteiger partial charge < -0.3 is 15.8 Å². The van der Waals surface area contributed by atoms with E-state index in [2.05, 4.69) is 17.4 Å². The van der Waals surface area contributed by atoms with Gasteiger partial charge in [0.1, 0.15) is 5.75 Å². The van der Waals surface area contributed by atoms with E-state index in [9.17, 15) is 0 Å². The summed E-state index contributed by atoms with van der Waals surface area (Å²) in [5.41, 5.74) is 6.63. The molecule has 14 heavy (non-hydrogen) atoms. The Morgan fingerprint density at radius 3 is 2.57 bits per heavy atom. The molecule has 0 aliphatic heterocycles. The largest absolute Gasteiger partial charge is 0.494 e. The monoisotopic (exact) mass is 194 g/mol. The van der Waals surface area contributed by atoms with Crippen molar-refractivity contribution in [2.45, 2.75) is 13.3 Å². The highest BCUT2D eigenvalue weighted by Gasteiger charge is 1.94. The molecular weight excluding hydrogens is 176 g/mol. The van der Waals surface area contributed by atoms with Crippen molar-refractivity contribution < 1.29 is 4.74 Å². The number of rotatable bonds is 6. The zero-order chi connectivity index (χ0) is 10.2. The van der Waals surface area contributed by atoms with Gasteiger partial charge in [-0.1, -0.05) is 12.1 Å². The second kappa shape index (κ2) is 6.40. The Labute approximate surface area is 85.3 Å². The standard InChI is InChI=1S/C11H18N2O/c1-2-14-11-5-3-10(4-6-11)7-8-13-9-12/h3-6,13H,2,7-9,12H2,1H3. The van der Waals surface area contributed by atoms with E-state index in [-0.39, 0.29) is 0 Å². The number of nitrogens with two attached hydrogens (primary N) is 1. The molecule has 0 aliphatic rings. The molecule has 0 spiro atoms. The van der Waals surface area contributed by atoms with E-state index in [1.165, 1.54) is 5.56 Å². The van der Waals surface area contributed by atoms with Gasteiger partial charge in [-0.15, -0.1) is 0 Å². The van der Waals surface area contributed by atoms with Crippen LogP contribution in [0.2, 0.25) is 0 Å². The van der Waals surface area contributed by atoms with Gasteiger partial charge in [0.15, 0.2) is 0 Å². The Kier molecular flexibility index (Phi) is 5.04. The Bertz CT molecular complexity index is 246. The maximum atomic E-state index is 5.35. The number of hydrogen-bond acceptors (Lipinski definition) is 3. The van der Waals surface area contributed by atoms with Gasteiger partial charge in [0, 0.05) is 13.2 Å². The minimum atomic E-state index is 0.539. The summed E-state index contributed by atoms with van der Waals surface area (Å²) in [5.74, 6) is 0.933. The van der Waals surface area contributed by atoms with Gasteiger partial charge in [0.25, 0.3) is 0 Å². The highest BCUT2D eigenvalue weighted by atomic mass is 16.5. The lowest BCUT2D eigenvalue weighted by atomic mass is 10.1. The lowest BCUT2D eigenvalue weighted by Gasteiger charge is -2.05. The molecule has 3 nitrogen and oxygen atoms in total. The van der Waals surface area contributed by atoms with E-state index in [0.29, 0.717) is 13.3 Å². The summed E-state index contributed by atoms with van der Waals surface area (Å²) >= 11 is 0. The van der Waals surface area contributed by atoms with Crippen LogP contribution in [0.25, 0.3) is 0 Å². The first-order valence-electron chi connectivity index (χ1n) is 4.99. The van der Waals surface area contributed by atoms with Gasteiger partial charge in [0.05, 0.1) is 6.61 Å². The molecule has 0 heterocycles. The number of benzene rings is 1. The summed E-state index contributed by atoms with van der Waals surface area (Å²) in [6, 6.07) is 8.18. The van der Waals surface area contributed by atoms with Crippen LogP contribution in [0.5, 0.6) is 5.75 Å². The van der Waals surface area contributed by atoms with E-state index in [1.54, 1.807) is 0 Å². The summed E-state index contributed by atoms with van der Waals surface area (Å²) in [7, 11) is 0. The Morgan fingerprint density at radius 1 is 1.29 bits per heavy atom. The summed E-state index contributed by atoms with van der Waals surface area (Å²) in [6.07, 6.45) is 1.00. The van der Waals surface area contributed by atoms with Crippen LogP contribution in [0.3, 0.4) is 0 Å². The molecule has 3 heteroatoms. The smallest absolute Gasteiger partial charge is 0.119 e. The van der Waals surface area contributed by atoms with Crippen molar-refractivity contribution in [3.05, 3.63) is 29.8 Å². The zero-order valence-electron chi connectivity index (χ0n) is 8.62. The van der Waals surface area contributed by atoms with Crippen LogP contribution >= 0.6 is 0 Å². The second-order valence-corrected chi connectivity index (χ2v) is 3.03. The first-order valence-corrected chi connectivity index (χ1v) is 4.99. The van der Waals surface area contributed by atoms with Gasteiger partial charge in [0.2, 0.25) is 0 Å². The summed E-state index contributed by atoms with van der Waals surface area (Å²) < 4.78 is 5.35. The van der Waals surface area contributed by atoms with Crippen molar-refractivity contribution in [2.75, 3.05) is 19.8 Å². The predicted octanol–water partition coefficient (Wildman–Crippen LogP) is 1.13. The fraction of sp³-hybridized carbons (Fsp3) is 0.455. The average Bonchev–Trinajstić information content (AvgIpc) is 2.21. The van der Waals surface area contributed by atoms with E-state index >= 15 is 0 Å². The molecule has 0 aromatic heterocycles. The van der Waals surface area contributed by atoms with Crippen LogP contribution in [-0.2, 0) is 6.42 Å². The molecule has 0 saturated carbocycles. The highest BCUT2D eigenvalue weighted by molar-refractivity contribution is 5.27. The lowest BCUT2D eigenvalue weighted by Crippen LogP contribution is -2.24. The molecule has 0 bridgehead atoms. The minimum Gasteiger partial charge on any atom is -0.494 e. The molecule has 1 rings (SSSR count). The summed E-state index contributed by atoms with van der Waals surface area (Å²) in [6.45, 7) is 4.16. The topological polar surface area (TPSA) is 47.3 Å². The summed E-state index contributed by atoms with van der Waals surface area (Å²) in [4.78, 5) is 0. The quantitative estimate of drug-likeness (QED) is 0.527. The van der Waals surface area contributed by atoms with E-state index in [0.717, 1.165) is 18.7 Å². The molecule has 78 valence electrons. The molecule has 0 atom stereocenters. The Hall–Kier alpha value is -1.06. The zero-order valence-corrected chi connectivity index (χ0v) is 8.62. The van der Waals surface area contributed by atoms with Crippen molar-refractivity contribution in [1.82, 2.24) is 5.32 Å². The molecule has 0 radical (unpaired) electrons. The third kappa shape index (κ3) is 3.77. The van der Waals surface area contributed by atoms with Crippen LogP contribution in [0.15, 0.2) is 24.3 Å². The third-order valence-electron chi connectivity index (χ3n) is 1.97. The van der Waals surface area contributed by atoms with Gasteiger partial charge in [-0.25, -0.2) is 0 Å². The Balaban J connectivity index is 2.38. The fourth-order valence-electron chi connectivity index (χ4n) is 1.25. The van der Waals surface area contributed by atoms with Gasteiger partial charge in [-0.05, 0) is 31.0 Å². The second-order valence-electron chi connectivity index (χ2n) is 3.03. The molecule has 0 unspecified atom stereocenters. The predicted molar refractivity (Wildman–Crippen MR) is 58.4 cm³/mol. The number of hydrogen-bond donors (Lipinski definition) is 2. The molecule has 0 amide bonds. The van der Waals surface area contributed by atoms with Crippen molar-refractivity contribution >= 4 is 0 Å². The van der Waals surface area contributed by atoms with E-state index < -0.39 is 0 Å². The maximum Gasteiger partial charge on any atom is 0.119 e. The molecule has 0 aliphatic carbocycles. The lowest BCUT2D eigenvalue weighted by molar-refractivity contribution is 0.340. The third-order valence-corrected chi connectivity index (χ3v) is 1.97. The highest BCUT2D eigenvalue weighted by Crippen LogP contribution is 2.11. The van der Waals surface area contributed by atoms with Crippen LogP contribution in [-0.4, -0.2) is 19.8 Å².